The Morgan fingerprint density at radius 2 is 1.74 bits per heavy atom. The topological polar surface area (TPSA) is 29.5 Å². The molecule has 0 heterocycles. The second kappa shape index (κ2) is 6.04. The van der Waals surface area contributed by atoms with Crippen molar-refractivity contribution in [2.75, 3.05) is 0 Å². The highest BCUT2D eigenvalue weighted by Crippen LogP contribution is 2.50. The van der Waals surface area contributed by atoms with Crippen LogP contribution in [0.2, 0.25) is 0 Å². The van der Waals surface area contributed by atoms with Gasteiger partial charge in [0.1, 0.15) is 11.9 Å². The Morgan fingerprint density at radius 1 is 1.21 bits per heavy atom. The molecule has 1 N–H and O–H groups in total. The van der Waals surface area contributed by atoms with Crippen molar-refractivity contribution in [1.29, 1.82) is 0 Å². The first kappa shape index (κ1) is 15.8. The smallest absolute Gasteiger partial charge is 0.148 e. The predicted octanol–water partition coefficient (Wildman–Crippen LogP) is 5.29. The number of hydrogen-bond donors (Lipinski definition) is 1. The Bertz CT molecular complexity index is 449. The van der Waals surface area contributed by atoms with E-state index in [9.17, 15) is 5.11 Å². The summed E-state index contributed by atoms with van der Waals surface area (Å²) in [6.07, 6.45) is 2.39. The molecule has 0 amide bonds. The highest BCUT2D eigenvalue weighted by Gasteiger charge is 2.53. The number of benzene rings is 1. The lowest BCUT2D eigenvalue weighted by atomic mass is 9.60. The van der Waals surface area contributed by atoms with Gasteiger partial charge in [0.2, 0.25) is 0 Å². The molecule has 0 radical (unpaired) electrons. The van der Waals surface area contributed by atoms with Crippen LogP contribution in [0.4, 0.5) is 0 Å². The van der Waals surface area contributed by atoms with Crippen molar-refractivity contribution < 1.29 is 9.84 Å². The Labute approximate surface area is 139 Å². The van der Waals surface area contributed by atoms with Crippen molar-refractivity contribution in [3.63, 3.8) is 0 Å². The number of aliphatic hydroxyl groups excluding tert-OH is 1. The largest absolute Gasteiger partial charge is 0.487 e. The lowest BCUT2D eigenvalue weighted by molar-refractivity contribution is -0.160. The second-order valence-electron chi connectivity index (χ2n) is 5.00. The third-order valence-electron chi connectivity index (χ3n) is 4.28. The summed E-state index contributed by atoms with van der Waals surface area (Å²) < 4.78 is 8.98. The molecule has 1 aliphatic rings. The summed E-state index contributed by atoms with van der Waals surface area (Å²) in [4.78, 5) is 0. The minimum atomic E-state index is -0.250. The number of rotatable bonds is 4. The molecule has 5 heteroatoms. The van der Waals surface area contributed by atoms with Gasteiger partial charge in [0, 0.05) is 16.3 Å². The van der Waals surface area contributed by atoms with Gasteiger partial charge >= 0.3 is 0 Å². The van der Waals surface area contributed by atoms with E-state index in [1.165, 1.54) is 0 Å². The zero-order valence-electron chi connectivity index (χ0n) is 10.9. The quantitative estimate of drug-likeness (QED) is 0.666. The highest BCUT2D eigenvalue weighted by molar-refractivity contribution is 9.11. The maximum atomic E-state index is 10.1. The number of hydrogen-bond acceptors (Lipinski definition) is 2. The molecule has 2 atom stereocenters. The van der Waals surface area contributed by atoms with Crippen molar-refractivity contribution in [2.45, 2.75) is 45.3 Å². The predicted molar refractivity (Wildman–Crippen MR) is 87.6 cm³/mol. The Balaban J connectivity index is 2.23. The molecular weight excluding hydrogens is 440 g/mol. The van der Waals surface area contributed by atoms with Crippen LogP contribution in [0, 0.1) is 5.41 Å². The summed E-state index contributed by atoms with van der Waals surface area (Å²) in [5, 5.41) is 10.1. The Morgan fingerprint density at radius 3 is 2.16 bits per heavy atom. The Hall–Kier alpha value is 0.420. The molecule has 0 bridgehead atoms. The molecule has 19 heavy (non-hydrogen) atoms. The normalized spacial score (nSPS) is 24.9. The van der Waals surface area contributed by atoms with Crippen LogP contribution in [0.5, 0.6) is 5.75 Å². The van der Waals surface area contributed by atoms with E-state index in [2.05, 4.69) is 61.6 Å². The van der Waals surface area contributed by atoms with Crippen molar-refractivity contribution in [3.8, 4) is 5.75 Å². The molecule has 2 rings (SSSR count). The first-order valence-corrected chi connectivity index (χ1v) is 8.81. The lowest BCUT2D eigenvalue weighted by Crippen LogP contribution is -2.59. The molecule has 0 aromatic heterocycles. The first-order chi connectivity index (χ1) is 8.94. The fraction of sp³-hybridized carbons (Fsp3) is 0.571. The van der Waals surface area contributed by atoms with Crippen LogP contribution in [-0.4, -0.2) is 17.3 Å². The minimum Gasteiger partial charge on any atom is -0.487 e. The first-order valence-electron chi connectivity index (χ1n) is 6.43. The summed E-state index contributed by atoms with van der Waals surface area (Å²) in [7, 11) is 0. The van der Waals surface area contributed by atoms with Crippen LogP contribution in [-0.2, 0) is 0 Å². The van der Waals surface area contributed by atoms with E-state index in [1.54, 1.807) is 0 Å². The van der Waals surface area contributed by atoms with Crippen LogP contribution in [0.25, 0.3) is 0 Å². The molecule has 0 spiro atoms. The maximum absolute atomic E-state index is 10.1. The minimum absolute atomic E-state index is 0.0753. The molecule has 1 aromatic carbocycles. The van der Waals surface area contributed by atoms with Crippen molar-refractivity contribution >= 4 is 47.8 Å². The molecule has 0 saturated heterocycles. The molecule has 1 fully saturated rings. The lowest BCUT2D eigenvalue weighted by Gasteiger charge is -2.52. The zero-order valence-corrected chi connectivity index (χ0v) is 15.7. The third-order valence-corrected chi connectivity index (χ3v) is 5.92. The average molecular weight is 457 g/mol. The highest BCUT2D eigenvalue weighted by atomic mass is 79.9. The van der Waals surface area contributed by atoms with E-state index >= 15 is 0 Å². The van der Waals surface area contributed by atoms with Crippen LogP contribution >= 0.6 is 47.8 Å². The fourth-order valence-corrected chi connectivity index (χ4v) is 5.30. The summed E-state index contributed by atoms with van der Waals surface area (Å²) in [6, 6.07) is 3.93. The molecular formula is C14H17Br3O2. The molecule has 1 saturated carbocycles. The molecule has 0 aliphatic heterocycles. The van der Waals surface area contributed by atoms with Crippen LogP contribution in [0.15, 0.2) is 25.6 Å². The number of halogens is 3. The second-order valence-corrected chi connectivity index (χ2v) is 7.62. The zero-order chi connectivity index (χ0) is 14.2. The SMILES string of the molecule is CCC1(CC)C(O)CC1Oc1c(Br)cc(Br)cc1Br. The van der Waals surface area contributed by atoms with Crippen molar-refractivity contribution in [1.82, 2.24) is 0 Å². The van der Waals surface area contributed by atoms with Crippen LogP contribution < -0.4 is 4.74 Å². The van der Waals surface area contributed by atoms with Gasteiger partial charge in [-0.3, -0.25) is 0 Å². The van der Waals surface area contributed by atoms with E-state index < -0.39 is 0 Å². The van der Waals surface area contributed by atoms with Crippen LogP contribution in [0.3, 0.4) is 0 Å². The van der Waals surface area contributed by atoms with Gasteiger partial charge < -0.3 is 9.84 Å². The summed E-state index contributed by atoms with van der Waals surface area (Å²) in [6.45, 7) is 4.24. The van der Waals surface area contributed by atoms with Gasteiger partial charge in [-0.05, 0) is 56.8 Å². The van der Waals surface area contributed by atoms with Gasteiger partial charge in [-0.1, -0.05) is 29.8 Å². The van der Waals surface area contributed by atoms with Gasteiger partial charge in [0.15, 0.2) is 0 Å². The van der Waals surface area contributed by atoms with Gasteiger partial charge in [-0.15, -0.1) is 0 Å². The summed E-state index contributed by atoms with van der Waals surface area (Å²) in [5.74, 6) is 0.811. The fourth-order valence-electron chi connectivity index (χ4n) is 2.85. The van der Waals surface area contributed by atoms with Gasteiger partial charge in [-0.2, -0.15) is 0 Å². The monoisotopic (exact) mass is 454 g/mol. The molecule has 2 nitrogen and oxygen atoms in total. The molecule has 106 valence electrons. The number of ether oxygens (including phenoxy) is 1. The third kappa shape index (κ3) is 2.76. The van der Waals surface area contributed by atoms with Crippen molar-refractivity contribution in [2.24, 2.45) is 5.41 Å². The van der Waals surface area contributed by atoms with E-state index in [-0.39, 0.29) is 17.6 Å². The van der Waals surface area contributed by atoms with Gasteiger partial charge in [0.25, 0.3) is 0 Å². The van der Waals surface area contributed by atoms with Crippen LogP contribution in [0.1, 0.15) is 33.1 Å². The van der Waals surface area contributed by atoms with Gasteiger partial charge in [-0.25, -0.2) is 0 Å². The van der Waals surface area contributed by atoms with E-state index in [1.807, 2.05) is 12.1 Å². The maximum Gasteiger partial charge on any atom is 0.148 e. The van der Waals surface area contributed by atoms with E-state index in [0.29, 0.717) is 6.42 Å². The molecule has 1 aliphatic carbocycles. The van der Waals surface area contributed by atoms with Crippen molar-refractivity contribution in [3.05, 3.63) is 25.6 Å². The standard InChI is InChI=1S/C14H17Br3O2/c1-3-14(4-2)11(18)7-12(14)19-13-9(16)5-8(15)6-10(13)17/h5-6,11-12,18H,3-4,7H2,1-2H3. The Kier molecular flexibility index (Phi) is 5.02. The summed E-state index contributed by atoms with van der Waals surface area (Å²) in [5.41, 5.74) is -0.105. The summed E-state index contributed by atoms with van der Waals surface area (Å²) >= 11 is 10.5. The van der Waals surface area contributed by atoms with Gasteiger partial charge in [0.05, 0.1) is 15.0 Å². The molecule has 2 unspecified atom stereocenters. The van der Waals surface area contributed by atoms with E-state index in [4.69, 9.17) is 4.74 Å². The molecule has 1 aromatic rings. The number of aliphatic hydroxyl groups is 1. The van der Waals surface area contributed by atoms with E-state index in [0.717, 1.165) is 32.0 Å². The average Bonchev–Trinajstić information content (AvgIpc) is 2.33.